The lowest BCUT2D eigenvalue weighted by molar-refractivity contribution is -0.112. The average Bonchev–Trinajstić information content (AvgIpc) is 2.61. The van der Waals surface area contributed by atoms with Gasteiger partial charge < -0.3 is 10.1 Å². The van der Waals surface area contributed by atoms with Gasteiger partial charge in [0.25, 0.3) is 5.91 Å². The van der Waals surface area contributed by atoms with Crippen molar-refractivity contribution in [3.8, 4) is 0 Å². The van der Waals surface area contributed by atoms with E-state index in [1.165, 1.54) is 0 Å². The molecule has 0 atom stereocenters. The van der Waals surface area contributed by atoms with Crippen LogP contribution in [0.2, 0.25) is 0 Å². The highest BCUT2D eigenvalue weighted by Crippen LogP contribution is 2.31. The topological polar surface area (TPSA) is 52.9 Å². The first kappa shape index (κ1) is 12.8. The standard InChI is InChI=1S/C13H13BrN2O2/c1-2-3-4-7-16-11-6-5-9(14)8-10(11)12(15-18)13(16)17/h2,5-6,8,18H,1,3-4,7H2/b15-12-. The molecule has 1 heterocycles. The van der Waals surface area contributed by atoms with Gasteiger partial charge >= 0.3 is 0 Å². The van der Waals surface area contributed by atoms with Gasteiger partial charge in [0.05, 0.1) is 5.69 Å². The number of unbranched alkanes of at least 4 members (excludes halogenated alkanes) is 1. The number of fused-ring (bicyclic) bond motifs is 1. The Hall–Kier alpha value is -1.62. The molecule has 5 heteroatoms. The van der Waals surface area contributed by atoms with Gasteiger partial charge in [0.2, 0.25) is 0 Å². The van der Waals surface area contributed by atoms with Gasteiger partial charge in [-0.15, -0.1) is 6.58 Å². The van der Waals surface area contributed by atoms with Crippen LogP contribution in [0.1, 0.15) is 18.4 Å². The molecule has 1 aromatic carbocycles. The fourth-order valence-electron chi connectivity index (χ4n) is 2.00. The molecule has 1 aliphatic rings. The predicted octanol–water partition coefficient (Wildman–Crippen LogP) is 2.94. The summed E-state index contributed by atoms with van der Waals surface area (Å²) >= 11 is 3.35. The van der Waals surface area contributed by atoms with Gasteiger partial charge in [0.15, 0.2) is 5.71 Å². The first-order valence-electron chi connectivity index (χ1n) is 5.63. The summed E-state index contributed by atoms with van der Waals surface area (Å²) in [6.45, 7) is 4.25. The lowest BCUT2D eigenvalue weighted by Crippen LogP contribution is -2.30. The molecule has 1 aliphatic heterocycles. The first-order chi connectivity index (χ1) is 8.69. The number of benzene rings is 1. The van der Waals surface area contributed by atoms with Crippen molar-refractivity contribution >= 4 is 33.2 Å². The van der Waals surface area contributed by atoms with Gasteiger partial charge in [-0.1, -0.05) is 27.2 Å². The molecule has 0 radical (unpaired) electrons. The average molecular weight is 309 g/mol. The van der Waals surface area contributed by atoms with Crippen LogP contribution >= 0.6 is 15.9 Å². The number of hydrogen-bond donors (Lipinski definition) is 1. The van der Waals surface area contributed by atoms with Crippen LogP contribution < -0.4 is 4.90 Å². The molecule has 0 unspecified atom stereocenters. The third-order valence-electron chi connectivity index (χ3n) is 2.84. The molecule has 0 saturated carbocycles. The minimum Gasteiger partial charge on any atom is -0.410 e. The highest BCUT2D eigenvalue weighted by Gasteiger charge is 2.34. The van der Waals surface area contributed by atoms with E-state index in [2.05, 4.69) is 27.7 Å². The van der Waals surface area contributed by atoms with Crippen molar-refractivity contribution in [3.63, 3.8) is 0 Å². The fourth-order valence-corrected chi connectivity index (χ4v) is 2.36. The number of hydrogen-bond acceptors (Lipinski definition) is 3. The highest BCUT2D eigenvalue weighted by molar-refractivity contribution is 9.10. The van der Waals surface area contributed by atoms with Crippen molar-refractivity contribution in [2.24, 2.45) is 5.16 Å². The summed E-state index contributed by atoms with van der Waals surface area (Å²) in [5.74, 6) is -0.255. The summed E-state index contributed by atoms with van der Waals surface area (Å²) in [4.78, 5) is 13.7. The molecule has 0 aromatic heterocycles. The summed E-state index contributed by atoms with van der Waals surface area (Å²) < 4.78 is 0.850. The lowest BCUT2D eigenvalue weighted by atomic mass is 10.1. The molecule has 1 aromatic rings. The van der Waals surface area contributed by atoms with Crippen LogP contribution in [0.25, 0.3) is 0 Å². The molecule has 4 nitrogen and oxygen atoms in total. The van der Waals surface area contributed by atoms with E-state index in [-0.39, 0.29) is 11.6 Å². The van der Waals surface area contributed by atoms with Crippen LogP contribution in [0.3, 0.4) is 0 Å². The largest absolute Gasteiger partial charge is 0.410 e. The number of nitrogens with zero attached hydrogens (tertiary/aromatic N) is 2. The van der Waals surface area contributed by atoms with Gasteiger partial charge in [-0.25, -0.2) is 0 Å². The Morgan fingerprint density at radius 1 is 1.50 bits per heavy atom. The normalized spacial score (nSPS) is 16.2. The number of rotatable bonds is 4. The van der Waals surface area contributed by atoms with Crippen molar-refractivity contribution in [3.05, 3.63) is 40.9 Å². The summed E-state index contributed by atoms with van der Waals surface area (Å²) in [5, 5.41) is 12.1. The second kappa shape index (κ2) is 5.35. The smallest absolute Gasteiger partial charge is 0.281 e. The maximum atomic E-state index is 12.1. The number of oxime groups is 1. The lowest BCUT2D eigenvalue weighted by Gasteiger charge is -2.16. The molecule has 0 bridgehead atoms. The Bertz CT molecular complexity index is 526. The summed E-state index contributed by atoms with van der Waals surface area (Å²) in [7, 11) is 0. The number of allylic oxidation sites excluding steroid dienone is 1. The molecular weight excluding hydrogens is 296 g/mol. The number of anilines is 1. The number of carbonyl (C=O) groups excluding carboxylic acids is 1. The van der Waals surface area contributed by atoms with E-state index in [9.17, 15) is 4.79 Å². The van der Waals surface area contributed by atoms with E-state index in [1.54, 1.807) is 11.0 Å². The van der Waals surface area contributed by atoms with Crippen LogP contribution in [-0.2, 0) is 4.79 Å². The van der Waals surface area contributed by atoms with Crippen LogP contribution in [0.15, 0.2) is 40.5 Å². The molecule has 1 amide bonds. The Morgan fingerprint density at radius 2 is 2.28 bits per heavy atom. The van der Waals surface area contributed by atoms with E-state index in [1.807, 2.05) is 18.2 Å². The van der Waals surface area contributed by atoms with E-state index in [0.29, 0.717) is 12.1 Å². The van der Waals surface area contributed by atoms with Crippen LogP contribution in [0, 0.1) is 0 Å². The Balaban J connectivity index is 2.34. The first-order valence-corrected chi connectivity index (χ1v) is 6.43. The van der Waals surface area contributed by atoms with Gasteiger partial charge in [-0.2, -0.15) is 0 Å². The number of amides is 1. The zero-order valence-electron chi connectivity index (χ0n) is 9.77. The molecule has 0 spiro atoms. The van der Waals surface area contributed by atoms with Gasteiger partial charge in [0.1, 0.15) is 0 Å². The van der Waals surface area contributed by atoms with Crippen LogP contribution in [0.4, 0.5) is 5.69 Å². The van der Waals surface area contributed by atoms with E-state index >= 15 is 0 Å². The molecule has 0 aliphatic carbocycles. The second-order valence-corrected chi connectivity index (χ2v) is 4.91. The zero-order chi connectivity index (χ0) is 13.1. The van der Waals surface area contributed by atoms with Crippen molar-refractivity contribution in [1.29, 1.82) is 0 Å². The summed E-state index contributed by atoms with van der Waals surface area (Å²) in [6, 6.07) is 5.51. The van der Waals surface area contributed by atoms with Crippen molar-refractivity contribution < 1.29 is 10.0 Å². The maximum absolute atomic E-state index is 12.1. The van der Waals surface area contributed by atoms with E-state index in [0.717, 1.165) is 23.0 Å². The molecule has 94 valence electrons. The Morgan fingerprint density at radius 3 is 2.94 bits per heavy atom. The van der Waals surface area contributed by atoms with E-state index in [4.69, 9.17) is 5.21 Å². The molecular formula is C13H13BrN2O2. The van der Waals surface area contributed by atoms with Gasteiger partial charge in [-0.05, 0) is 31.0 Å². The van der Waals surface area contributed by atoms with Crippen LogP contribution in [-0.4, -0.2) is 23.4 Å². The third-order valence-corrected chi connectivity index (χ3v) is 3.34. The Kier molecular flexibility index (Phi) is 3.81. The second-order valence-electron chi connectivity index (χ2n) is 4.00. The summed E-state index contributed by atoms with van der Waals surface area (Å²) in [6.07, 6.45) is 3.51. The molecule has 18 heavy (non-hydrogen) atoms. The predicted molar refractivity (Wildman–Crippen MR) is 74.2 cm³/mol. The highest BCUT2D eigenvalue weighted by atomic mass is 79.9. The Labute approximate surface area is 114 Å². The number of carbonyl (C=O) groups is 1. The molecule has 0 saturated heterocycles. The van der Waals surface area contributed by atoms with Crippen molar-refractivity contribution in [2.75, 3.05) is 11.4 Å². The van der Waals surface area contributed by atoms with Crippen LogP contribution in [0.5, 0.6) is 0 Å². The fraction of sp³-hybridized carbons (Fsp3) is 0.231. The molecule has 2 rings (SSSR count). The van der Waals surface area contributed by atoms with Gasteiger partial charge in [0, 0.05) is 16.6 Å². The summed E-state index contributed by atoms with van der Waals surface area (Å²) in [5.41, 5.74) is 1.56. The monoisotopic (exact) mass is 308 g/mol. The minimum absolute atomic E-state index is 0.102. The van der Waals surface area contributed by atoms with Crippen molar-refractivity contribution in [2.45, 2.75) is 12.8 Å². The molecule has 0 fully saturated rings. The third kappa shape index (κ3) is 2.18. The SMILES string of the molecule is C=CCCCN1C(=O)/C(=N\O)c2cc(Br)ccc21. The number of halogens is 1. The van der Waals surface area contributed by atoms with E-state index < -0.39 is 0 Å². The molecule has 1 N–H and O–H groups in total. The minimum atomic E-state index is -0.255. The van der Waals surface area contributed by atoms with Crippen molar-refractivity contribution in [1.82, 2.24) is 0 Å². The maximum Gasteiger partial charge on any atom is 0.281 e. The van der Waals surface area contributed by atoms with Gasteiger partial charge in [-0.3, -0.25) is 4.79 Å². The zero-order valence-corrected chi connectivity index (χ0v) is 11.4. The quantitative estimate of drug-likeness (QED) is 0.402.